The van der Waals surface area contributed by atoms with Crippen LogP contribution in [0.5, 0.6) is 0 Å². The molecule has 1 aliphatic heterocycles. The second-order valence-corrected chi connectivity index (χ2v) is 16.4. The summed E-state index contributed by atoms with van der Waals surface area (Å²) in [4.78, 5) is 25.7. The number of halogens is 1. The maximum Gasteiger partial charge on any atom is 0.338 e. The summed E-state index contributed by atoms with van der Waals surface area (Å²) < 4.78 is 14.7. The fourth-order valence-electron chi connectivity index (χ4n) is 12.7. The van der Waals surface area contributed by atoms with Crippen LogP contribution in [0.2, 0.25) is 0 Å². The summed E-state index contributed by atoms with van der Waals surface area (Å²) in [7, 11) is 0. The Morgan fingerprint density at radius 2 is 1.82 bits per heavy atom. The molecule has 0 spiro atoms. The number of hydrogen-bond acceptors (Lipinski definition) is 3. The number of carbonyl (C=O) groups is 2. The molecule has 1 aromatic rings. The van der Waals surface area contributed by atoms with Crippen molar-refractivity contribution in [1.82, 2.24) is 10.2 Å². The van der Waals surface area contributed by atoms with Gasteiger partial charge in [0, 0.05) is 31.6 Å². The van der Waals surface area contributed by atoms with Gasteiger partial charge in [-0.3, -0.25) is 4.79 Å². The van der Waals surface area contributed by atoms with Gasteiger partial charge in [0.05, 0.1) is 5.56 Å². The first-order valence-electron chi connectivity index (χ1n) is 17.7. The minimum absolute atomic E-state index is 0.216. The molecule has 0 aromatic heterocycles. The molecule has 4 saturated carbocycles. The number of amides is 1. The number of allylic oxidation sites excluding steroid dienone is 2. The minimum Gasteiger partial charge on any atom is -0.478 e. The van der Waals surface area contributed by atoms with Gasteiger partial charge in [-0.2, -0.15) is 0 Å². The van der Waals surface area contributed by atoms with Gasteiger partial charge in [-0.15, -0.1) is 0 Å². The van der Waals surface area contributed by atoms with Gasteiger partial charge in [-0.05, 0) is 133 Å². The van der Waals surface area contributed by atoms with Crippen molar-refractivity contribution >= 4 is 17.4 Å². The maximum absolute atomic E-state index is 14.7. The SMILES string of the molecule is CC1C(c2ccc(C(=O)O)c(F)c2)=CCC2(C)C1CCC1(C)C2CCC2C3CCCC3(NCCN3CCCC3=O)CC[C@]21C. The van der Waals surface area contributed by atoms with E-state index in [0.717, 1.165) is 56.3 Å². The van der Waals surface area contributed by atoms with E-state index in [1.54, 1.807) is 0 Å². The first kappa shape index (κ1) is 30.4. The quantitative estimate of drug-likeness (QED) is 0.346. The maximum atomic E-state index is 14.7. The number of rotatable bonds is 6. The molecule has 0 radical (unpaired) electrons. The lowest BCUT2D eigenvalue weighted by molar-refractivity contribution is -0.211. The largest absolute Gasteiger partial charge is 0.478 e. The number of aromatic carboxylic acids is 1. The summed E-state index contributed by atoms with van der Waals surface area (Å²) in [6, 6.07) is 4.69. The van der Waals surface area contributed by atoms with Crippen LogP contribution in [-0.4, -0.2) is 47.1 Å². The lowest BCUT2D eigenvalue weighted by atomic mass is 9.34. The van der Waals surface area contributed by atoms with E-state index >= 15 is 0 Å². The van der Waals surface area contributed by atoms with Crippen molar-refractivity contribution in [3.8, 4) is 0 Å². The molecule has 44 heavy (non-hydrogen) atoms. The molecule has 8 unspecified atom stereocenters. The first-order chi connectivity index (χ1) is 20.9. The number of likely N-dealkylation sites (tertiary alicyclic amines) is 1. The van der Waals surface area contributed by atoms with Crippen molar-refractivity contribution in [2.24, 2.45) is 45.8 Å². The topological polar surface area (TPSA) is 69.6 Å². The molecule has 6 heteroatoms. The Morgan fingerprint density at radius 3 is 2.55 bits per heavy atom. The average molecular weight is 605 g/mol. The Morgan fingerprint density at radius 1 is 1.00 bits per heavy atom. The molecule has 5 aliphatic carbocycles. The molecule has 9 atom stereocenters. The fraction of sp³-hybridized carbons (Fsp3) is 0.737. The number of carboxylic acid groups (broad SMARTS) is 1. The Hall–Kier alpha value is -2.21. The van der Waals surface area contributed by atoms with Crippen LogP contribution in [0.25, 0.3) is 5.57 Å². The molecule has 240 valence electrons. The highest BCUT2D eigenvalue weighted by molar-refractivity contribution is 5.88. The van der Waals surface area contributed by atoms with Crippen molar-refractivity contribution in [1.29, 1.82) is 0 Å². The van der Waals surface area contributed by atoms with Crippen LogP contribution in [0.3, 0.4) is 0 Å². The summed E-state index contributed by atoms with van der Waals surface area (Å²) in [5.41, 5.74) is 2.89. The zero-order chi connectivity index (χ0) is 31.1. The Bertz CT molecular complexity index is 1380. The summed E-state index contributed by atoms with van der Waals surface area (Å²) in [6.07, 6.45) is 16.8. The third kappa shape index (κ3) is 4.32. The predicted octanol–water partition coefficient (Wildman–Crippen LogP) is 7.95. The Kier molecular flexibility index (Phi) is 7.38. The fourth-order valence-corrected chi connectivity index (χ4v) is 12.7. The number of nitrogens with zero attached hydrogens (tertiary/aromatic N) is 1. The molecule has 7 rings (SSSR count). The van der Waals surface area contributed by atoms with Gasteiger partial charge in [-0.1, -0.05) is 46.3 Å². The van der Waals surface area contributed by atoms with Crippen LogP contribution in [0.4, 0.5) is 4.39 Å². The number of hydrogen-bond donors (Lipinski definition) is 2. The van der Waals surface area contributed by atoms with Crippen LogP contribution in [0.1, 0.15) is 121 Å². The lowest BCUT2D eigenvalue weighted by Gasteiger charge is -2.71. The highest BCUT2D eigenvalue weighted by Gasteiger charge is 2.68. The molecule has 5 fully saturated rings. The monoisotopic (exact) mass is 604 g/mol. The molecule has 1 heterocycles. The van der Waals surface area contributed by atoms with E-state index in [2.05, 4.69) is 44.0 Å². The van der Waals surface area contributed by atoms with Crippen LogP contribution >= 0.6 is 0 Å². The highest BCUT2D eigenvalue weighted by Crippen LogP contribution is 2.75. The number of benzene rings is 1. The number of fused-ring (bicyclic) bond motifs is 7. The molecule has 1 aromatic carbocycles. The summed E-state index contributed by atoms with van der Waals surface area (Å²) in [5.74, 6) is 1.51. The van der Waals surface area contributed by atoms with Gasteiger partial charge in [0.25, 0.3) is 0 Å². The van der Waals surface area contributed by atoms with E-state index in [-0.39, 0.29) is 16.5 Å². The highest BCUT2D eigenvalue weighted by atomic mass is 19.1. The van der Waals surface area contributed by atoms with Gasteiger partial charge < -0.3 is 15.3 Å². The molecular formula is C38H53FN2O3. The van der Waals surface area contributed by atoms with E-state index in [4.69, 9.17) is 0 Å². The molecule has 1 saturated heterocycles. The van der Waals surface area contributed by atoms with Crippen LogP contribution < -0.4 is 5.32 Å². The third-order valence-corrected chi connectivity index (χ3v) is 15.1. The number of nitrogens with one attached hydrogen (secondary N) is 1. The molecule has 6 aliphatic rings. The van der Waals surface area contributed by atoms with Crippen molar-refractivity contribution in [3.63, 3.8) is 0 Å². The standard InChI is InChI=1S/C38H53FN2O3/c1-24-26(25-9-10-27(34(43)44)31(39)23-25)13-16-35(2)28(24)14-17-37(4)32(35)12-11-29-30-7-5-15-38(30,19-18-36(29,37)3)40-20-22-41-21-6-8-33(41)42/h9-10,13,23-24,28-30,32,40H,5-8,11-12,14-22H2,1-4H3,(H,43,44)/t24?,28?,29?,30?,32?,35?,36-,37?,38?/m1/s1. The first-order valence-corrected chi connectivity index (χ1v) is 17.7. The third-order valence-electron chi connectivity index (χ3n) is 15.1. The summed E-state index contributed by atoms with van der Waals surface area (Å²) in [5, 5.41) is 13.4. The zero-order valence-electron chi connectivity index (χ0n) is 27.4. The van der Waals surface area contributed by atoms with E-state index in [9.17, 15) is 19.1 Å². The van der Waals surface area contributed by atoms with Crippen LogP contribution in [0, 0.1) is 51.7 Å². The molecule has 2 N–H and O–H groups in total. The lowest BCUT2D eigenvalue weighted by Crippen LogP contribution is -2.67. The van der Waals surface area contributed by atoms with Gasteiger partial charge >= 0.3 is 5.97 Å². The molecule has 0 bridgehead atoms. The Balaban J connectivity index is 1.12. The van der Waals surface area contributed by atoms with Crippen molar-refractivity contribution in [2.45, 2.75) is 110 Å². The minimum atomic E-state index is -1.21. The van der Waals surface area contributed by atoms with E-state index in [1.807, 2.05) is 6.07 Å². The van der Waals surface area contributed by atoms with Crippen molar-refractivity contribution in [2.75, 3.05) is 19.6 Å². The predicted molar refractivity (Wildman–Crippen MR) is 171 cm³/mol. The van der Waals surface area contributed by atoms with Gasteiger partial charge in [0.15, 0.2) is 0 Å². The molecule has 5 nitrogen and oxygen atoms in total. The van der Waals surface area contributed by atoms with Crippen LogP contribution in [0.15, 0.2) is 24.3 Å². The van der Waals surface area contributed by atoms with Gasteiger partial charge in [0.1, 0.15) is 5.82 Å². The van der Waals surface area contributed by atoms with E-state index < -0.39 is 11.8 Å². The normalized spacial score (nSPS) is 43.1. The molecular weight excluding hydrogens is 551 g/mol. The summed E-state index contributed by atoms with van der Waals surface area (Å²) in [6.45, 7) is 13.0. The number of carbonyl (C=O) groups excluding carboxylic acids is 1. The van der Waals surface area contributed by atoms with Gasteiger partial charge in [0.2, 0.25) is 5.91 Å². The van der Waals surface area contributed by atoms with Crippen molar-refractivity contribution in [3.05, 3.63) is 41.2 Å². The summed E-state index contributed by atoms with van der Waals surface area (Å²) >= 11 is 0. The van der Waals surface area contributed by atoms with Crippen LogP contribution in [-0.2, 0) is 4.79 Å². The molecule has 1 amide bonds. The van der Waals surface area contributed by atoms with Crippen molar-refractivity contribution < 1.29 is 19.1 Å². The second kappa shape index (κ2) is 10.7. The van der Waals surface area contributed by atoms with E-state index in [1.165, 1.54) is 75.5 Å². The zero-order valence-corrected chi connectivity index (χ0v) is 27.4. The second-order valence-electron chi connectivity index (χ2n) is 16.4. The average Bonchev–Trinajstić information content (AvgIpc) is 3.59. The Labute approximate surface area is 263 Å². The smallest absolute Gasteiger partial charge is 0.338 e. The van der Waals surface area contributed by atoms with E-state index in [0.29, 0.717) is 34.5 Å². The van der Waals surface area contributed by atoms with Gasteiger partial charge in [-0.25, -0.2) is 9.18 Å². The number of carboxylic acids is 1.